The highest BCUT2D eigenvalue weighted by Gasteiger charge is 2.19. The van der Waals surface area contributed by atoms with Crippen LogP contribution in [0.3, 0.4) is 0 Å². The number of pyridine rings is 1. The number of benzene rings is 1. The highest BCUT2D eigenvalue weighted by molar-refractivity contribution is 7.92. The number of aromatic nitrogens is 1. The SMILES string of the molecule is CNc1ncccc1S(=O)(=O)Nc1ccc(C)c(F)c1. The summed E-state index contributed by atoms with van der Waals surface area (Å²) in [4.78, 5) is 3.94. The first-order chi connectivity index (χ1) is 9.44. The van der Waals surface area contributed by atoms with Crippen molar-refractivity contribution in [1.29, 1.82) is 0 Å². The number of anilines is 2. The lowest BCUT2D eigenvalue weighted by molar-refractivity contribution is 0.601. The van der Waals surface area contributed by atoms with Crippen molar-refractivity contribution < 1.29 is 12.8 Å². The van der Waals surface area contributed by atoms with Gasteiger partial charge in [-0.15, -0.1) is 0 Å². The van der Waals surface area contributed by atoms with Crippen LogP contribution in [0.15, 0.2) is 41.4 Å². The fraction of sp³-hybridized carbons (Fsp3) is 0.154. The van der Waals surface area contributed by atoms with Gasteiger partial charge in [-0.05, 0) is 36.8 Å². The zero-order valence-corrected chi connectivity index (χ0v) is 11.8. The molecule has 0 amide bonds. The van der Waals surface area contributed by atoms with Crippen LogP contribution in [0.25, 0.3) is 0 Å². The van der Waals surface area contributed by atoms with Gasteiger partial charge in [-0.2, -0.15) is 0 Å². The predicted octanol–water partition coefficient (Wildman–Crippen LogP) is 2.37. The maximum Gasteiger partial charge on any atom is 0.265 e. The third-order valence-corrected chi connectivity index (χ3v) is 4.13. The Bertz CT molecular complexity index is 732. The van der Waals surface area contributed by atoms with E-state index in [0.29, 0.717) is 5.56 Å². The molecule has 0 saturated carbocycles. The fourth-order valence-corrected chi connectivity index (χ4v) is 2.88. The molecule has 5 nitrogen and oxygen atoms in total. The van der Waals surface area contributed by atoms with Crippen LogP contribution >= 0.6 is 0 Å². The molecule has 1 aromatic heterocycles. The number of hydrogen-bond acceptors (Lipinski definition) is 4. The topological polar surface area (TPSA) is 71.1 Å². The smallest absolute Gasteiger partial charge is 0.265 e. The van der Waals surface area contributed by atoms with Crippen molar-refractivity contribution in [3.8, 4) is 0 Å². The fourth-order valence-electron chi connectivity index (χ4n) is 1.66. The van der Waals surface area contributed by atoms with E-state index >= 15 is 0 Å². The van der Waals surface area contributed by atoms with Crippen LogP contribution in [0.5, 0.6) is 0 Å². The molecule has 0 bridgehead atoms. The molecule has 0 aliphatic heterocycles. The van der Waals surface area contributed by atoms with Crippen LogP contribution in [0.2, 0.25) is 0 Å². The molecule has 0 radical (unpaired) electrons. The van der Waals surface area contributed by atoms with Crippen molar-refractivity contribution in [1.82, 2.24) is 4.98 Å². The number of nitrogens with one attached hydrogen (secondary N) is 2. The molecule has 20 heavy (non-hydrogen) atoms. The van der Waals surface area contributed by atoms with Crippen molar-refractivity contribution in [3.63, 3.8) is 0 Å². The lowest BCUT2D eigenvalue weighted by Crippen LogP contribution is -2.15. The Morgan fingerprint density at radius 3 is 2.65 bits per heavy atom. The zero-order valence-electron chi connectivity index (χ0n) is 11.0. The average Bonchev–Trinajstić information content (AvgIpc) is 2.42. The Labute approximate surface area is 116 Å². The number of hydrogen-bond donors (Lipinski definition) is 2. The second kappa shape index (κ2) is 5.46. The highest BCUT2D eigenvalue weighted by atomic mass is 32.2. The van der Waals surface area contributed by atoms with Gasteiger partial charge in [-0.3, -0.25) is 4.72 Å². The highest BCUT2D eigenvalue weighted by Crippen LogP contribution is 2.22. The largest absolute Gasteiger partial charge is 0.372 e. The summed E-state index contributed by atoms with van der Waals surface area (Å²) < 4.78 is 40.3. The molecule has 106 valence electrons. The molecule has 0 aliphatic carbocycles. The molecule has 2 rings (SSSR count). The summed E-state index contributed by atoms with van der Waals surface area (Å²) in [6.45, 7) is 1.60. The summed E-state index contributed by atoms with van der Waals surface area (Å²) >= 11 is 0. The predicted molar refractivity (Wildman–Crippen MR) is 75.7 cm³/mol. The summed E-state index contributed by atoms with van der Waals surface area (Å²) in [5.41, 5.74) is 0.615. The van der Waals surface area contributed by atoms with Crippen LogP contribution in [-0.4, -0.2) is 20.4 Å². The van der Waals surface area contributed by atoms with E-state index in [0.717, 1.165) is 6.07 Å². The number of sulfonamides is 1. The van der Waals surface area contributed by atoms with E-state index in [2.05, 4.69) is 15.0 Å². The van der Waals surface area contributed by atoms with Crippen molar-refractivity contribution in [2.24, 2.45) is 0 Å². The van der Waals surface area contributed by atoms with Gasteiger partial charge in [0.05, 0.1) is 5.69 Å². The minimum Gasteiger partial charge on any atom is -0.372 e. The Hall–Kier alpha value is -2.15. The van der Waals surface area contributed by atoms with Gasteiger partial charge in [0.15, 0.2) is 0 Å². The Kier molecular flexibility index (Phi) is 3.89. The Morgan fingerprint density at radius 2 is 2.00 bits per heavy atom. The van der Waals surface area contributed by atoms with Gasteiger partial charge in [0, 0.05) is 13.2 Å². The van der Waals surface area contributed by atoms with Crippen LogP contribution in [0.1, 0.15) is 5.56 Å². The lowest BCUT2D eigenvalue weighted by atomic mass is 10.2. The first-order valence-electron chi connectivity index (χ1n) is 5.86. The van der Waals surface area contributed by atoms with E-state index in [4.69, 9.17) is 0 Å². The molecule has 0 aliphatic rings. The molecular weight excluding hydrogens is 281 g/mol. The molecule has 7 heteroatoms. The van der Waals surface area contributed by atoms with E-state index in [-0.39, 0.29) is 16.4 Å². The molecule has 0 spiro atoms. The first-order valence-corrected chi connectivity index (χ1v) is 7.34. The third kappa shape index (κ3) is 2.88. The Morgan fingerprint density at radius 1 is 1.25 bits per heavy atom. The quantitative estimate of drug-likeness (QED) is 0.908. The van der Waals surface area contributed by atoms with Crippen molar-refractivity contribution in [3.05, 3.63) is 47.9 Å². The molecule has 1 heterocycles. The molecule has 0 unspecified atom stereocenters. The van der Waals surface area contributed by atoms with E-state index in [1.165, 1.54) is 30.5 Å². The summed E-state index contributed by atoms with van der Waals surface area (Å²) in [6, 6.07) is 7.10. The molecule has 2 N–H and O–H groups in total. The number of aryl methyl sites for hydroxylation is 1. The van der Waals surface area contributed by atoms with Crippen LogP contribution in [0, 0.1) is 12.7 Å². The second-order valence-electron chi connectivity index (χ2n) is 4.17. The van der Waals surface area contributed by atoms with E-state index in [1.807, 2.05) is 0 Å². The van der Waals surface area contributed by atoms with Gasteiger partial charge in [-0.25, -0.2) is 17.8 Å². The molecule has 2 aromatic rings. The maximum absolute atomic E-state index is 13.4. The van der Waals surface area contributed by atoms with Crippen molar-refractivity contribution in [2.75, 3.05) is 17.1 Å². The molecule has 1 aromatic carbocycles. The molecule has 0 fully saturated rings. The van der Waals surface area contributed by atoms with Gasteiger partial charge in [-0.1, -0.05) is 6.07 Å². The lowest BCUT2D eigenvalue weighted by Gasteiger charge is -2.11. The van der Waals surface area contributed by atoms with Gasteiger partial charge >= 0.3 is 0 Å². The monoisotopic (exact) mass is 295 g/mol. The second-order valence-corrected chi connectivity index (χ2v) is 5.82. The molecule has 0 saturated heterocycles. The molecular formula is C13H14FN3O2S. The third-order valence-electron chi connectivity index (χ3n) is 2.72. The number of nitrogens with zero attached hydrogens (tertiary/aromatic N) is 1. The first kappa shape index (κ1) is 14.3. The van der Waals surface area contributed by atoms with Gasteiger partial charge < -0.3 is 5.32 Å². The van der Waals surface area contributed by atoms with Crippen molar-refractivity contribution >= 4 is 21.5 Å². The van der Waals surface area contributed by atoms with Gasteiger partial charge in [0.2, 0.25) is 0 Å². The van der Waals surface area contributed by atoms with E-state index in [9.17, 15) is 12.8 Å². The number of halogens is 1. The van der Waals surface area contributed by atoms with E-state index in [1.54, 1.807) is 14.0 Å². The van der Waals surface area contributed by atoms with E-state index < -0.39 is 15.8 Å². The summed E-state index contributed by atoms with van der Waals surface area (Å²) in [7, 11) is -2.25. The van der Waals surface area contributed by atoms with Crippen LogP contribution < -0.4 is 10.0 Å². The normalized spacial score (nSPS) is 11.2. The zero-order chi connectivity index (χ0) is 14.8. The van der Waals surface area contributed by atoms with Crippen LogP contribution in [-0.2, 0) is 10.0 Å². The standard InChI is InChI=1S/C13H14FN3O2S/c1-9-5-6-10(8-11(9)14)17-20(18,19)12-4-3-7-16-13(12)15-2/h3-8,17H,1-2H3,(H,15,16). The maximum atomic E-state index is 13.4. The summed E-state index contributed by atoms with van der Waals surface area (Å²) in [5, 5.41) is 2.70. The van der Waals surface area contributed by atoms with Gasteiger partial charge in [0.1, 0.15) is 16.5 Å². The number of rotatable bonds is 4. The molecule has 0 atom stereocenters. The van der Waals surface area contributed by atoms with Crippen molar-refractivity contribution in [2.45, 2.75) is 11.8 Å². The average molecular weight is 295 g/mol. The Balaban J connectivity index is 2.38. The minimum atomic E-state index is -3.83. The summed E-state index contributed by atoms with van der Waals surface area (Å²) in [5.74, 6) is -0.238. The van der Waals surface area contributed by atoms with Gasteiger partial charge in [0.25, 0.3) is 10.0 Å². The summed E-state index contributed by atoms with van der Waals surface area (Å²) in [6.07, 6.45) is 1.48. The van der Waals surface area contributed by atoms with Crippen LogP contribution in [0.4, 0.5) is 15.9 Å². The minimum absolute atomic E-state index is 0.00323.